The fourth-order valence-electron chi connectivity index (χ4n) is 1.76. The summed E-state index contributed by atoms with van der Waals surface area (Å²) in [5.74, 6) is 1.51. The summed E-state index contributed by atoms with van der Waals surface area (Å²) < 4.78 is 5.30. The molecule has 4 nitrogen and oxygen atoms in total. The molecule has 0 atom stereocenters. The molecule has 0 aliphatic rings. The largest absolute Gasteiger partial charge is 0.381 e. The molecule has 0 bridgehead atoms. The maximum absolute atomic E-state index is 5.80. The minimum atomic E-state index is 0.287. The summed E-state index contributed by atoms with van der Waals surface area (Å²) in [4.78, 5) is 4.15. The first-order valence-corrected chi connectivity index (χ1v) is 5.27. The van der Waals surface area contributed by atoms with E-state index in [-0.39, 0.29) is 5.92 Å². The lowest BCUT2D eigenvalue weighted by Crippen LogP contribution is -1.95. The van der Waals surface area contributed by atoms with Crippen LogP contribution >= 0.6 is 0 Å². The molecule has 2 rings (SSSR count). The number of rotatable bonds is 2. The van der Waals surface area contributed by atoms with Gasteiger partial charge in [0, 0.05) is 23.0 Å². The topological polar surface area (TPSA) is 64.9 Å². The number of aromatic nitrogens is 2. The Labute approximate surface area is 94.5 Å². The molecule has 2 N–H and O–H groups in total. The molecular weight excluding hydrogens is 202 g/mol. The van der Waals surface area contributed by atoms with Gasteiger partial charge in [0.1, 0.15) is 0 Å². The molecule has 2 aromatic heterocycles. The van der Waals surface area contributed by atoms with E-state index in [0.717, 1.165) is 22.6 Å². The summed E-state index contributed by atoms with van der Waals surface area (Å²) in [7, 11) is 0. The summed E-state index contributed by atoms with van der Waals surface area (Å²) in [6, 6.07) is 3.87. The minimum Gasteiger partial charge on any atom is -0.381 e. The molecular formula is C12H15N3O. The molecule has 0 saturated carbocycles. The smallest absolute Gasteiger partial charge is 0.172 e. The first-order chi connectivity index (χ1) is 7.59. The summed E-state index contributed by atoms with van der Waals surface area (Å²) in [5.41, 5.74) is 8.68. The van der Waals surface area contributed by atoms with Crippen LogP contribution in [0.5, 0.6) is 0 Å². The van der Waals surface area contributed by atoms with Crippen LogP contribution in [0.3, 0.4) is 0 Å². The maximum Gasteiger partial charge on any atom is 0.172 e. The molecule has 2 heterocycles. The number of anilines is 1. The van der Waals surface area contributed by atoms with Crippen LogP contribution in [0, 0.1) is 6.92 Å². The van der Waals surface area contributed by atoms with E-state index in [1.165, 1.54) is 0 Å². The molecule has 4 heteroatoms. The molecule has 0 radical (unpaired) electrons. The van der Waals surface area contributed by atoms with Crippen LogP contribution in [-0.2, 0) is 0 Å². The van der Waals surface area contributed by atoms with E-state index >= 15 is 0 Å². The second kappa shape index (κ2) is 3.96. The highest BCUT2D eigenvalue weighted by Crippen LogP contribution is 2.33. The normalized spacial score (nSPS) is 11.0. The Kier molecular flexibility index (Phi) is 2.64. The number of pyridine rings is 1. The van der Waals surface area contributed by atoms with Gasteiger partial charge in [-0.15, -0.1) is 0 Å². The van der Waals surface area contributed by atoms with Gasteiger partial charge in [-0.2, -0.15) is 0 Å². The quantitative estimate of drug-likeness (QED) is 0.840. The third kappa shape index (κ3) is 1.78. The zero-order valence-corrected chi connectivity index (χ0v) is 9.69. The van der Waals surface area contributed by atoms with Crippen molar-refractivity contribution in [2.24, 2.45) is 0 Å². The van der Waals surface area contributed by atoms with E-state index in [2.05, 4.69) is 24.0 Å². The van der Waals surface area contributed by atoms with E-state index in [0.29, 0.717) is 5.82 Å². The lowest BCUT2D eigenvalue weighted by atomic mass is 9.99. The standard InChI is InChI=1S/C12H15N3O/c1-7(2)10-11(16-15-12(10)13)9-4-5-14-8(3)6-9/h4-7H,1-3H3,(H2,13,15). The Morgan fingerprint density at radius 1 is 1.38 bits per heavy atom. The predicted octanol–water partition coefficient (Wildman–Crippen LogP) is 2.75. The Balaban J connectivity index is 2.56. The van der Waals surface area contributed by atoms with Crippen LogP contribution in [0.1, 0.15) is 31.0 Å². The van der Waals surface area contributed by atoms with Crippen LogP contribution in [0.2, 0.25) is 0 Å². The molecule has 84 valence electrons. The summed E-state index contributed by atoms with van der Waals surface area (Å²) >= 11 is 0. The fourth-order valence-corrected chi connectivity index (χ4v) is 1.76. The van der Waals surface area contributed by atoms with Crippen LogP contribution < -0.4 is 5.73 Å². The molecule has 0 fully saturated rings. The Morgan fingerprint density at radius 3 is 2.75 bits per heavy atom. The van der Waals surface area contributed by atoms with Gasteiger partial charge in [-0.1, -0.05) is 19.0 Å². The summed E-state index contributed by atoms with van der Waals surface area (Å²) in [6.07, 6.45) is 1.76. The van der Waals surface area contributed by atoms with Crippen molar-refractivity contribution in [3.63, 3.8) is 0 Å². The molecule has 0 aliphatic carbocycles. The second-order valence-corrected chi connectivity index (χ2v) is 4.15. The number of nitrogens with two attached hydrogens (primary N) is 1. The van der Waals surface area contributed by atoms with Crippen LogP contribution in [0.25, 0.3) is 11.3 Å². The van der Waals surface area contributed by atoms with E-state index in [4.69, 9.17) is 10.3 Å². The summed E-state index contributed by atoms with van der Waals surface area (Å²) in [5, 5.41) is 3.83. The first kappa shape index (κ1) is 10.7. The van der Waals surface area contributed by atoms with Crippen molar-refractivity contribution >= 4 is 5.82 Å². The number of hydrogen-bond acceptors (Lipinski definition) is 4. The number of nitrogen functional groups attached to an aromatic ring is 1. The van der Waals surface area contributed by atoms with E-state index in [1.54, 1.807) is 6.20 Å². The van der Waals surface area contributed by atoms with Crippen molar-refractivity contribution in [3.05, 3.63) is 29.6 Å². The second-order valence-electron chi connectivity index (χ2n) is 4.15. The van der Waals surface area contributed by atoms with Gasteiger partial charge in [0.2, 0.25) is 0 Å². The van der Waals surface area contributed by atoms with Gasteiger partial charge in [-0.25, -0.2) is 0 Å². The van der Waals surface area contributed by atoms with Crippen molar-refractivity contribution in [1.29, 1.82) is 0 Å². The third-order valence-corrected chi connectivity index (χ3v) is 2.49. The van der Waals surface area contributed by atoms with Crippen molar-refractivity contribution in [1.82, 2.24) is 10.1 Å². The summed E-state index contributed by atoms with van der Waals surface area (Å²) in [6.45, 7) is 6.08. The van der Waals surface area contributed by atoms with Crippen molar-refractivity contribution < 1.29 is 4.52 Å². The van der Waals surface area contributed by atoms with Gasteiger partial charge in [0.25, 0.3) is 0 Å². The molecule has 2 aromatic rings. The van der Waals surface area contributed by atoms with Crippen LogP contribution in [0.4, 0.5) is 5.82 Å². The van der Waals surface area contributed by atoms with Gasteiger partial charge in [0.05, 0.1) is 0 Å². The van der Waals surface area contributed by atoms with Gasteiger partial charge in [-0.3, -0.25) is 4.98 Å². The fraction of sp³-hybridized carbons (Fsp3) is 0.333. The molecule has 0 saturated heterocycles. The average Bonchev–Trinajstić information content (AvgIpc) is 2.60. The zero-order chi connectivity index (χ0) is 11.7. The highest BCUT2D eigenvalue weighted by Gasteiger charge is 2.18. The molecule has 0 aromatic carbocycles. The van der Waals surface area contributed by atoms with Gasteiger partial charge in [-0.05, 0) is 25.0 Å². The molecule has 0 unspecified atom stereocenters. The van der Waals surface area contributed by atoms with Gasteiger partial charge in [0.15, 0.2) is 11.6 Å². The van der Waals surface area contributed by atoms with E-state index < -0.39 is 0 Å². The van der Waals surface area contributed by atoms with Crippen LogP contribution in [0.15, 0.2) is 22.9 Å². The lowest BCUT2D eigenvalue weighted by Gasteiger charge is -2.05. The monoisotopic (exact) mass is 217 g/mol. The Bertz CT molecular complexity index is 503. The Hall–Kier alpha value is -1.84. The average molecular weight is 217 g/mol. The van der Waals surface area contributed by atoms with Crippen molar-refractivity contribution in [2.45, 2.75) is 26.7 Å². The predicted molar refractivity (Wildman–Crippen MR) is 63.0 cm³/mol. The van der Waals surface area contributed by atoms with Crippen LogP contribution in [-0.4, -0.2) is 10.1 Å². The Morgan fingerprint density at radius 2 is 2.12 bits per heavy atom. The number of hydrogen-bond donors (Lipinski definition) is 1. The van der Waals surface area contributed by atoms with Gasteiger partial charge < -0.3 is 10.3 Å². The number of nitrogens with zero attached hydrogens (tertiary/aromatic N) is 2. The maximum atomic E-state index is 5.80. The molecule has 0 aliphatic heterocycles. The van der Waals surface area contributed by atoms with Gasteiger partial charge >= 0.3 is 0 Å². The van der Waals surface area contributed by atoms with E-state index in [9.17, 15) is 0 Å². The SMILES string of the molecule is Cc1cc(-c2onc(N)c2C(C)C)ccn1. The highest BCUT2D eigenvalue weighted by atomic mass is 16.5. The lowest BCUT2D eigenvalue weighted by molar-refractivity contribution is 0.434. The third-order valence-electron chi connectivity index (χ3n) is 2.49. The zero-order valence-electron chi connectivity index (χ0n) is 9.69. The molecule has 0 spiro atoms. The number of aryl methyl sites for hydroxylation is 1. The van der Waals surface area contributed by atoms with Crippen molar-refractivity contribution in [3.8, 4) is 11.3 Å². The molecule has 0 amide bonds. The van der Waals surface area contributed by atoms with E-state index in [1.807, 2.05) is 19.1 Å². The molecule has 16 heavy (non-hydrogen) atoms. The van der Waals surface area contributed by atoms with Crippen molar-refractivity contribution in [2.75, 3.05) is 5.73 Å². The first-order valence-electron chi connectivity index (χ1n) is 5.27. The highest BCUT2D eigenvalue weighted by molar-refractivity contribution is 5.66. The minimum absolute atomic E-state index is 0.287.